The molecule has 1 aliphatic rings. The van der Waals surface area contributed by atoms with Crippen molar-refractivity contribution >= 4 is 11.8 Å². The Morgan fingerprint density at radius 1 is 1.23 bits per heavy atom. The predicted octanol–water partition coefficient (Wildman–Crippen LogP) is 3.65. The van der Waals surface area contributed by atoms with Gasteiger partial charge >= 0.3 is 6.03 Å². The van der Waals surface area contributed by atoms with Gasteiger partial charge in [-0.25, -0.2) is 9.48 Å². The first-order valence-electron chi connectivity index (χ1n) is 8.92. The number of ether oxygens (including phenoxy) is 2. The molecule has 7 nitrogen and oxygen atoms in total. The fourth-order valence-corrected chi connectivity index (χ4v) is 3.35. The molecule has 1 saturated carbocycles. The molecule has 0 saturated heterocycles. The molecule has 1 aliphatic carbocycles. The predicted molar refractivity (Wildman–Crippen MR) is 99.9 cm³/mol. The molecule has 7 heteroatoms. The van der Waals surface area contributed by atoms with Gasteiger partial charge in [-0.05, 0) is 37.5 Å². The Bertz CT molecular complexity index is 766. The maximum absolute atomic E-state index is 12.4. The first-order chi connectivity index (χ1) is 12.6. The SMILES string of the molecule is COc1ccc(CNC(=O)Nc2c(C)cnn2C2CCCC2)cc1OC. The maximum Gasteiger partial charge on any atom is 0.320 e. The summed E-state index contributed by atoms with van der Waals surface area (Å²) in [6.45, 7) is 2.35. The van der Waals surface area contributed by atoms with Crippen molar-refractivity contribution in [3.63, 3.8) is 0 Å². The summed E-state index contributed by atoms with van der Waals surface area (Å²) in [4.78, 5) is 12.4. The summed E-state index contributed by atoms with van der Waals surface area (Å²) in [6.07, 6.45) is 6.47. The number of hydrogen-bond donors (Lipinski definition) is 2. The zero-order valence-corrected chi connectivity index (χ0v) is 15.5. The number of rotatable bonds is 6. The molecule has 2 amide bonds. The second kappa shape index (κ2) is 8.12. The Labute approximate surface area is 153 Å². The highest BCUT2D eigenvalue weighted by Crippen LogP contribution is 2.32. The summed E-state index contributed by atoms with van der Waals surface area (Å²) in [6, 6.07) is 5.71. The van der Waals surface area contributed by atoms with Gasteiger partial charge in [0.15, 0.2) is 11.5 Å². The van der Waals surface area contributed by atoms with Crippen LogP contribution in [0.4, 0.5) is 10.6 Å². The summed E-state index contributed by atoms with van der Waals surface area (Å²) >= 11 is 0. The van der Waals surface area contributed by atoms with Crippen LogP contribution < -0.4 is 20.1 Å². The Hall–Kier alpha value is -2.70. The normalized spacial score (nSPS) is 14.3. The van der Waals surface area contributed by atoms with Crippen LogP contribution in [0.5, 0.6) is 11.5 Å². The molecule has 1 heterocycles. The van der Waals surface area contributed by atoms with Crippen LogP contribution in [0.25, 0.3) is 0 Å². The number of methoxy groups -OCH3 is 2. The van der Waals surface area contributed by atoms with Crippen molar-refractivity contribution in [2.45, 2.75) is 45.2 Å². The maximum atomic E-state index is 12.4. The van der Waals surface area contributed by atoms with Gasteiger partial charge in [0.05, 0.1) is 26.5 Å². The van der Waals surface area contributed by atoms with Crippen molar-refractivity contribution < 1.29 is 14.3 Å². The molecule has 26 heavy (non-hydrogen) atoms. The van der Waals surface area contributed by atoms with Gasteiger partial charge in [-0.2, -0.15) is 5.10 Å². The molecule has 0 bridgehead atoms. The topological polar surface area (TPSA) is 77.4 Å². The fourth-order valence-electron chi connectivity index (χ4n) is 3.35. The number of carbonyl (C=O) groups excluding carboxylic acids is 1. The van der Waals surface area contributed by atoms with Crippen molar-refractivity contribution in [3.8, 4) is 11.5 Å². The Balaban J connectivity index is 1.62. The molecule has 1 fully saturated rings. The van der Waals surface area contributed by atoms with Crippen LogP contribution in [0.15, 0.2) is 24.4 Å². The second-order valence-corrected chi connectivity index (χ2v) is 6.56. The van der Waals surface area contributed by atoms with Crippen LogP contribution in [0.3, 0.4) is 0 Å². The first kappa shape index (κ1) is 18.1. The van der Waals surface area contributed by atoms with Crippen LogP contribution in [0, 0.1) is 6.92 Å². The number of nitrogens with zero attached hydrogens (tertiary/aromatic N) is 2. The quantitative estimate of drug-likeness (QED) is 0.826. The third-order valence-electron chi connectivity index (χ3n) is 4.78. The van der Waals surface area contributed by atoms with Crippen molar-refractivity contribution in [2.24, 2.45) is 0 Å². The Morgan fingerprint density at radius 3 is 2.65 bits per heavy atom. The minimum atomic E-state index is -0.248. The minimum Gasteiger partial charge on any atom is -0.493 e. The largest absolute Gasteiger partial charge is 0.493 e. The molecule has 1 aromatic heterocycles. The van der Waals surface area contributed by atoms with Gasteiger partial charge in [-0.1, -0.05) is 18.9 Å². The van der Waals surface area contributed by atoms with E-state index in [1.54, 1.807) is 14.2 Å². The third kappa shape index (κ3) is 3.92. The van der Waals surface area contributed by atoms with E-state index in [2.05, 4.69) is 15.7 Å². The molecule has 2 aromatic rings. The molecule has 2 N–H and O–H groups in total. The average Bonchev–Trinajstić information content (AvgIpc) is 3.30. The van der Waals surface area contributed by atoms with E-state index in [1.165, 1.54) is 12.8 Å². The third-order valence-corrected chi connectivity index (χ3v) is 4.78. The monoisotopic (exact) mass is 358 g/mol. The van der Waals surface area contributed by atoms with Gasteiger partial charge in [-0.15, -0.1) is 0 Å². The molecular formula is C19H26N4O3. The van der Waals surface area contributed by atoms with Crippen molar-refractivity contribution in [2.75, 3.05) is 19.5 Å². The van der Waals surface area contributed by atoms with E-state index in [1.807, 2.05) is 36.0 Å². The minimum absolute atomic E-state index is 0.248. The highest BCUT2D eigenvalue weighted by molar-refractivity contribution is 5.89. The van der Waals surface area contributed by atoms with E-state index < -0.39 is 0 Å². The Morgan fingerprint density at radius 2 is 1.96 bits per heavy atom. The average molecular weight is 358 g/mol. The number of carbonyl (C=O) groups is 1. The fraction of sp³-hybridized carbons (Fsp3) is 0.474. The van der Waals surface area contributed by atoms with E-state index in [0.717, 1.165) is 29.8 Å². The van der Waals surface area contributed by atoms with Gasteiger partial charge in [0, 0.05) is 12.1 Å². The summed E-state index contributed by atoms with van der Waals surface area (Å²) in [5, 5.41) is 10.3. The lowest BCUT2D eigenvalue weighted by atomic mass is 10.2. The van der Waals surface area contributed by atoms with Gasteiger partial charge in [0.1, 0.15) is 5.82 Å². The second-order valence-electron chi connectivity index (χ2n) is 6.56. The molecular weight excluding hydrogens is 332 g/mol. The number of amides is 2. The summed E-state index contributed by atoms with van der Waals surface area (Å²) in [5.41, 5.74) is 1.90. The van der Waals surface area contributed by atoms with E-state index in [4.69, 9.17) is 9.47 Å². The van der Waals surface area contributed by atoms with Gasteiger partial charge in [0.25, 0.3) is 0 Å². The van der Waals surface area contributed by atoms with E-state index >= 15 is 0 Å². The summed E-state index contributed by atoms with van der Waals surface area (Å²) in [5.74, 6) is 2.08. The summed E-state index contributed by atoms with van der Waals surface area (Å²) in [7, 11) is 3.19. The molecule has 1 aromatic carbocycles. The number of hydrogen-bond acceptors (Lipinski definition) is 4. The Kier molecular flexibility index (Phi) is 5.65. The van der Waals surface area contributed by atoms with Crippen molar-refractivity contribution in [1.82, 2.24) is 15.1 Å². The number of benzene rings is 1. The van der Waals surface area contributed by atoms with Crippen molar-refractivity contribution in [1.29, 1.82) is 0 Å². The zero-order chi connectivity index (χ0) is 18.5. The van der Waals surface area contributed by atoms with Crippen LogP contribution in [-0.4, -0.2) is 30.0 Å². The zero-order valence-electron chi connectivity index (χ0n) is 15.5. The van der Waals surface area contributed by atoms with E-state index in [9.17, 15) is 4.79 Å². The number of nitrogens with one attached hydrogen (secondary N) is 2. The number of urea groups is 1. The lowest BCUT2D eigenvalue weighted by molar-refractivity contribution is 0.251. The van der Waals surface area contributed by atoms with Crippen molar-refractivity contribution in [3.05, 3.63) is 35.5 Å². The van der Waals surface area contributed by atoms with Crippen LogP contribution in [-0.2, 0) is 6.54 Å². The molecule has 0 unspecified atom stereocenters. The molecule has 0 spiro atoms. The highest BCUT2D eigenvalue weighted by atomic mass is 16.5. The lowest BCUT2D eigenvalue weighted by Crippen LogP contribution is -2.30. The number of aromatic nitrogens is 2. The first-order valence-corrected chi connectivity index (χ1v) is 8.92. The van der Waals surface area contributed by atoms with Gasteiger partial charge in [0.2, 0.25) is 0 Å². The molecule has 3 rings (SSSR count). The van der Waals surface area contributed by atoms with Crippen LogP contribution >= 0.6 is 0 Å². The van der Waals surface area contributed by atoms with Crippen LogP contribution in [0.2, 0.25) is 0 Å². The highest BCUT2D eigenvalue weighted by Gasteiger charge is 2.22. The molecule has 140 valence electrons. The number of aryl methyl sites for hydroxylation is 1. The van der Waals surface area contributed by atoms with E-state index in [-0.39, 0.29) is 6.03 Å². The standard InChI is InChI=1S/C19H26N4O3/c1-13-11-21-23(15-6-4-5-7-15)18(13)22-19(24)20-12-14-8-9-16(25-2)17(10-14)26-3/h8-11,15H,4-7,12H2,1-3H3,(H2,20,22,24). The lowest BCUT2D eigenvalue weighted by Gasteiger charge is -2.16. The summed E-state index contributed by atoms with van der Waals surface area (Å²) < 4.78 is 12.5. The van der Waals surface area contributed by atoms with Crippen LogP contribution in [0.1, 0.15) is 42.9 Å². The smallest absolute Gasteiger partial charge is 0.320 e. The van der Waals surface area contributed by atoms with Gasteiger partial charge < -0.3 is 14.8 Å². The molecule has 0 radical (unpaired) electrons. The number of anilines is 1. The van der Waals surface area contributed by atoms with Gasteiger partial charge in [-0.3, -0.25) is 5.32 Å². The van der Waals surface area contributed by atoms with E-state index in [0.29, 0.717) is 24.1 Å². The molecule has 0 atom stereocenters. The molecule has 0 aliphatic heterocycles.